The SMILES string of the molecule is CCN(Cc1ccc2c(c1)CCC2)c1cccc(N)c1. The molecule has 3 rings (SSSR count). The molecule has 0 saturated carbocycles. The van der Waals surface area contributed by atoms with Gasteiger partial charge in [0.25, 0.3) is 0 Å². The van der Waals surface area contributed by atoms with Crippen molar-refractivity contribution in [3.63, 3.8) is 0 Å². The second-order valence-electron chi connectivity index (χ2n) is 5.57. The second-order valence-corrected chi connectivity index (χ2v) is 5.57. The number of fused-ring (bicyclic) bond motifs is 1. The molecule has 1 aliphatic carbocycles. The first kappa shape index (κ1) is 13.0. The van der Waals surface area contributed by atoms with Gasteiger partial charge in [0.1, 0.15) is 0 Å². The predicted octanol–water partition coefficient (Wildman–Crippen LogP) is 3.78. The van der Waals surface area contributed by atoms with Crippen LogP contribution in [0.2, 0.25) is 0 Å². The molecule has 0 fully saturated rings. The Morgan fingerprint density at radius 1 is 1.05 bits per heavy atom. The molecule has 2 heteroatoms. The molecule has 0 bridgehead atoms. The van der Waals surface area contributed by atoms with Crippen LogP contribution in [0.15, 0.2) is 42.5 Å². The van der Waals surface area contributed by atoms with Gasteiger partial charge < -0.3 is 10.6 Å². The van der Waals surface area contributed by atoms with Crippen LogP contribution in [0.4, 0.5) is 11.4 Å². The van der Waals surface area contributed by atoms with Crippen LogP contribution < -0.4 is 10.6 Å². The molecule has 2 N–H and O–H groups in total. The molecule has 0 saturated heterocycles. The highest BCUT2D eigenvalue weighted by atomic mass is 15.1. The summed E-state index contributed by atoms with van der Waals surface area (Å²) in [6.45, 7) is 4.13. The number of hydrogen-bond acceptors (Lipinski definition) is 2. The van der Waals surface area contributed by atoms with Gasteiger partial charge in [-0.3, -0.25) is 0 Å². The smallest absolute Gasteiger partial charge is 0.0429 e. The van der Waals surface area contributed by atoms with E-state index < -0.39 is 0 Å². The van der Waals surface area contributed by atoms with Crippen LogP contribution in [-0.4, -0.2) is 6.54 Å². The van der Waals surface area contributed by atoms with Crippen molar-refractivity contribution in [2.45, 2.75) is 32.7 Å². The van der Waals surface area contributed by atoms with E-state index in [1.807, 2.05) is 12.1 Å². The molecule has 2 nitrogen and oxygen atoms in total. The van der Waals surface area contributed by atoms with E-state index in [4.69, 9.17) is 5.73 Å². The van der Waals surface area contributed by atoms with E-state index in [1.165, 1.54) is 30.5 Å². The van der Waals surface area contributed by atoms with Gasteiger partial charge in [0.2, 0.25) is 0 Å². The third-order valence-corrected chi connectivity index (χ3v) is 4.15. The van der Waals surface area contributed by atoms with Crippen molar-refractivity contribution in [1.82, 2.24) is 0 Å². The maximum Gasteiger partial charge on any atom is 0.0429 e. The number of nitrogen functional groups attached to an aromatic ring is 1. The normalized spacial score (nSPS) is 13.2. The monoisotopic (exact) mass is 266 g/mol. The number of anilines is 2. The number of aryl methyl sites for hydroxylation is 2. The average molecular weight is 266 g/mol. The minimum absolute atomic E-state index is 0.829. The molecule has 0 radical (unpaired) electrons. The fraction of sp³-hybridized carbons (Fsp3) is 0.333. The summed E-state index contributed by atoms with van der Waals surface area (Å²) in [5.74, 6) is 0. The van der Waals surface area contributed by atoms with Gasteiger partial charge in [-0.2, -0.15) is 0 Å². The maximum absolute atomic E-state index is 5.89. The Hall–Kier alpha value is -1.96. The summed E-state index contributed by atoms with van der Waals surface area (Å²) < 4.78 is 0. The number of nitrogens with two attached hydrogens (primary N) is 1. The second kappa shape index (κ2) is 5.58. The lowest BCUT2D eigenvalue weighted by Crippen LogP contribution is -2.22. The molecule has 0 heterocycles. The van der Waals surface area contributed by atoms with E-state index in [9.17, 15) is 0 Å². The largest absolute Gasteiger partial charge is 0.399 e. The summed E-state index contributed by atoms with van der Waals surface area (Å²) >= 11 is 0. The molecule has 20 heavy (non-hydrogen) atoms. The van der Waals surface area contributed by atoms with Crippen molar-refractivity contribution in [3.8, 4) is 0 Å². The molecule has 104 valence electrons. The van der Waals surface area contributed by atoms with E-state index in [-0.39, 0.29) is 0 Å². The highest BCUT2D eigenvalue weighted by molar-refractivity contribution is 5.56. The summed E-state index contributed by atoms with van der Waals surface area (Å²) in [5.41, 5.74) is 12.4. The zero-order valence-electron chi connectivity index (χ0n) is 12.1. The first-order chi connectivity index (χ1) is 9.76. The number of hydrogen-bond donors (Lipinski definition) is 1. The van der Waals surface area contributed by atoms with Gasteiger partial charge in [-0.25, -0.2) is 0 Å². The Morgan fingerprint density at radius 2 is 1.90 bits per heavy atom. The quantitative estimate of drug-likeness (QED) is 0.853. The van der Waals surface area contributed by atoms with E-state index >= 15 is 0 Å². The van der Waals surface area contributed by atoms with Crippen LogP contribution in [0, 0.1) is 0 Å². The summed E-state index contributed by atoms with van der Waals surface area (Å²) in [4.78, 5) is 2.37. The molecular formula is C18H22N2. The molecule has 0 spiro atoms. The lowest BCUT2D eigenvalue weighted by atomic mass is 10.1. The lowest BCUT2D eigenvalue weighted by Gasteiger charge is -2.24. The number of nitrogens with zero attached hydrogens (tertiary/aromatic N) is 1. The fourth-order valence-corrected chi connectivity index (χ4v) is 3.05. The maximum atomic E-state index is 5.89. The van der Waals surface area contributed by atoms with Crippen molar-refractivity contribution in [2.24, 2.45) is 0 Å². The van der Waals surface area contributed by atoms with Gasteiger partial charge in [0, 0.05) is 24.5 Å². The summed E-state index contributed by atoms with van der Waals surface area (Å²) in [6.07, 6.45) is 3.81. The van der Waals surface area contributed by atoms with E-state index in [0.717, 1.165) is 18.8 Å². The van der Waals surface area contributed by atoms with E-state index in [0.29, 0.717) is 0 Å². The minimum atomic E-state index is 0.829. The summed E-state index contributed by atoms with van der Waals surface area (Å²) in [6, 6.07) is 15.1. The van der Waals surface area contributed by atoms with E-state index in [1.54, 1.807) is 11.1 Å². The molecule has 2 aromatic rings. The third kappa shape index (κ3) is 2.64. The van der Waals surface area contributed by atoms with Gasteiger partial charge in [-0.1, -0.05) is 24.3 Å². The standard InChI is InChI=1S/C18H22N2/c1-2-20(18-8-4-7-17(19)12-18)13-14-9-10-15-5-3-6-16(15)11-14/h4,7-12H,2-3,5-6,13,19H2,1H3. The summed E-state index contributed by atoms with van der Waals surface area (Å²) in [5, 5.41) is 0. The topological polar surface area (TPSA) is 29.3 Å². The van der Waals surface area contributed by atoms with Crippen LogP contribution in [0.25, 0.3) is 0 Å². The zero-order chi connectivity index (χ0) is 13.9. The van der Waals surface area contributed by atoms with Gasteiger partial charge in [-0.15, -0.1) is 0 Å². The van der Waals surface area contributed by atoms with Crippen molar-refractivity contribution >= 4 is 11.4 Å². The van der Waals surface area contributed by atoms with Gasteiger partial charge in [0.05, 0.1) is 0 Å². The van der Waals surface area contributed by atoms with Crippen LogP contribution >= 0.6 is 0 Å². The van der Waals surface area contributed by atoms with Crippen molar-refractivity contribution < 1.29 is 0 Å². The van der Waals surface area contributed by atoms with Gasteiger partial charge in [-0.05, 0) is 61.1 Å². The minimum Gasteiger partial charge on any atom is -0.399 e. The van der Waals surface area contributed by atoms with E-state index in [2.05, 4.69) is 42.2 Å². The van der Waals surface area contributed by atoms with Crippen LogP contribution in [0.3, 0.4) is 0 Å². The highest BCUT2D eigenvalue weighted by Crippen LogP contribution is 2.25. The molecule has 0 atom stereocenters. The highest BCUT2D eigenvalue weighted by Gasteiger charge is 2.12. The number of rotatable bonds is 4. The average Bonchev–Trinajstić information content (AvgIpc) is 2.92. The molecule has 0 amide bonds. The van der Waals surface area contributed by atoms with Crippen LogP contribution in [0.5, 0.6) is 0 Å². The Labute approximate surface area is 121 Å². The fourth-order valence-electron chi connectivity index (χ4n) is 3.05. The van der Waals surface area contributed by atoms with Crippen molar-refractivity contribution in [1.29, 1.82) is 0 Å². The molecule has 0 aromatic heterocycles. The Bertz CT molecular complexity index is 604. The Morgan fingerprint density at radius 3 is 2.70 bits per heavy atom. The van der Waals surface area contributed by atoms with Crippen molar-refractivity contribution in [2.75, 3.05) is 17.2 Å². The molecule has 2 aromatic carbocycles. The van der Waals surface area contributed by atoms with Gasteiger partial charge >= 0.3 is 0 Å². The number of benzene rings is 2. The first-order valence-electron chi connectivity index (χ1n) is 7.47. The Balaban J connectivity index is 1.81. The molecular weight excluding hydrogens is 244 g/mol. The first-order valence-corrected chi connectivity index (χ1v) is 7.47. The predicted molar refractivity (Wildman–Crippen MR) is 86.0 cm³/mol. The molecule has 1 aliphatic rings. The molecule has 0 aliphatic heterocycles. The van der Waals surface area contributed by atoms with Crippen LogP contribution in [0.1, 0.15) is 30.0 Å². The van der Waals surface area contributed by atoms with Crippen LogP contribution in [-0.2, 0) is 19.4 Å². The third-order valence-electron chi connectivity index (χ3n) is 4.15. The summed E-state index contributed by atoms with van der Waals surface area (Å²) in [7, 11) is 0. The lowest BCUT2D eigenvalue weighted by molar-refractivity contribution is 0.830. The Kier molecular flexibility index (Phi) is 3.64. The zero-order valence-corrected chi connectivity index (χ0v) is 12.1. The van der Waals surface area contributed by atoms with Crippen molar-refractivity contribution in [3.05, 3.63) is 59.2 Å². The van der Waals surface area contributed by atoms with Gasteiger partial charge in [0.15, 0.2) is 0 Å². The molecule has 0 unspecified atom stereocenters.